The van der Waals surface area contributed by atoms with E-state index in [-0.39, 0.29) is 41.0 Å². The lowest BCUT2D eigenvalue weighted by Gasteiger charge is -2.36. The van der Waals surface area contributed by atoms with E-state index in [9.17, 15) is 35.6 Å². The van der Waals surface area contributed by atoms with E-state index in [0.29, 0.717) is 13.8 Å². The molecule has 2 aliphatic rings. The highest BCUT2D eigenvalue weighted by atomic mass is 32.2. The van der Waals surface area contributed by atoms with Crippen molar-refractivity contribution in [2.24, 2.45) is 5.41 Å². The van der Waals surface area contributed by atoms with Gasteiger partial charge in [-0.05, 0) is 69.2 Å². The molecule has 1 aliphatic heterocycles. The van der Waals surface area contributed by atoms with Gasteiger partial charge in [0.25, 0.3) is 10.0 Å². The van der Waals surface area contributed by atoms with Gasteiger partial charge in [-0.2, -0.15) is 13.2 Å². The zero-order chi connectivity index (χ0) is 30.2. The maximum Gasteiger partial charge on any atom is 0.427 e. The number of nitrogens with zero attached hydrogens (tertiary/aromatic N) is 1. The van der Waals surface area contributed by atoms with Gasteiger partial charge in [-0.3, -0.25) is 14.4 Å². The first-order valence-corrected chi connectivity index (χ1v) is 14.4. The van der Waals surface area contributed by atoms with Gasteiger partial charge in [0.1, 0.15) is 17.7 Å². The lowest BCUT2D eigenvalue weighted by atomic mass is 9.88. The Morgan fingerprint density at radius 1 is 1.10 bits per heavy atom. The van der Waals surface area contributed by atoms with Crippen molar-refractivity contribution in [2.75, 3.05) is 22.7 Å². The first kappa shape index (κ1) is 30.4. The molecular formula is C27H31F4N3O6S. The van der Waals surface area contributed by atoms with Crippen LogP contribution >= 0.6 is 0 Å². The number of fused-ring (bicyclic) bond motifs is 1. The van der Waals surface area contributed by atoms with Crippen LogP contribution in [0, 0.1) is 11.2 Å². The van der Waals surface area contributed by atoms with Crippen LogP contribution in [0.25, 0.3) is 0 Å². The first-order valence-electron chi connectivity index (χ1n) is 13.0. The quantitative estimate of drug-likeness (QED) is 0.413. The number of hydrogen-bond donors (Lipinski definition) is 2. The zero-order valence-electron chi connectivity index (χ0n) is 22.7. The fourth-order valence-corrected chi connectivity index (χ4v) is 6.19. The monoisotopic (exact) mass is 601 g/mol. The molecule has 2 amide bonds. The highest BCUT2D eigenvalue weighted by Gasteiger charge is 2.51. The number of amides is 2. The minimum Gasteiger partial charge on any atom is -0.484 e. The topological polar surface area (TPSA) is 114 Å². The second-order valence-corrected chi connectivity index (χ2v) is 12.8. The van der Waals surface area contributed by atoms with Crippen LogP contribution in [0.1, 0.15) is 46.5 Å². The number of carbonyl (C=O) groups is 2. The molecular weight excluding hydrogens is 570 g/mol. The third-order valence-corrected chi connectivity index (χ3v) is 9.11. The summed E-state index contributed by atoms with van der Waals surface area (Å²) in [5.41, 5.74) is -3.37. The number of sulfonamides is 1. The van der Waals surface area contributed by atoms with Gasteiger partial charge in [-0.15, -0.1) is 0 Å². The van der Waals surface area contributed by atoms with Gasteiger partial charge < -0.3 is 14.8 Å². The number of alkyl halides is 3. The molecule has 0 radical (unpaired) electrons. The van der Waals surface area contributed by atoms with Crippen molar-refractivity contribution < 1.29 is 45.0 Å². The zero-order valence-corrected chi connectivity index (χ0v) is 23.5. The molecule has 41 heavy (non-hydrogen) atoms. The third kappa shape index (κ3) is 6.52. The van der Waals surface area contributed by atoms with Crippen molar-refractivity contribution >= 4 is 33.4 Å². The van der Waals surface area contributed by atoms with Gasteiger partial charge in [0, 0.05) is 11.1 Å². The Morgan fingerprint density at radius 3 is 2.34 bits per heavy atom. The highest BCUT2D eigenvalue weighted by molar-refractivity contribution is 7.92. The smallest absolute Gasteiger partial charge is 0.427 e. The van der Waals surface area contributed by atoms with E-state index in [1.165, 1.54) is 18.2 Å². The van der Waals surface area contributed by atoms with E-state index >= 15 is 0 Å². The summed E-state index contributed by atoms with van der Waals surface area (Å²) in [6.07, 6.45) is -3.65. The Morgan fingerprint density at radius 2 is 1.73 bits per heavy atom. The SMILES string of the molecule is CC1(C(=O)NC[C@@H]2CN(S(=O)(=O)c3ccc(F)cc3)c3cc(NC(=O)OC(C)(C)C(F)(F)F)ccc3O2)CCCC1. The molecule has 2 aromatic rings. The summed E-state index contributed by atoms with van der Waals surface area (Å²) in [7, 11) is -4.30. The molecule has 1 heterocycles. The third-order valence-electron chi connectivity index (χ3n) is 7.31. The predicted molar refractivity (Wildman–Crippen MR) is 142 cm³/mol. The summed E-state index contributed by atoms with van der Waals surface area (Å²) in [5, 5.41) is 5.04. The number of anilines is 2. The van der Waals surface area contributed by atoms with E-state index in [4.69, 9.17) is 4.74 Å². The van der Waals surface area contributed by atoms with Gasteiger partial charge in [0.15, 0.2) is 0 Å². The van der Waals surface area contributed by atoms with Crippen LogP contribution in [-0.4, -0.2) is 51.4 Å². The number of hydrogen-bond acceptors (Lipinski definition) is 6. The molecule has 9 nitrogen and oxygen atoms in total. The van der Waals surface area contributed by atoms with Gasteiger partial charge in [-0.1, -0.05) is 19.8 Å². The van der Waals surface area contributed by atoms with Crippen molar-refractivity contribution in [2.45, 2.75) is 69.2 Å². The van der Waals surface area contributed by atoms with Crippen LogP contribution in [0.2, 0.25) is 0 Å². The number of rotatable bonds is 7. The van der Waals surface area contributed by atoms with E-state index in [1.807, 2.05) is 6.92 Å². The molecule has 0 bridgehead atoms. The van der Waals surface area contributed by atoms with E-state index in [0.717, 1.165) is 54.3 Å². The number of nitrogens with one attached hydrogen (secondary N) is 2. The standard InChI is InChI=1S/C27H31F4N3O6S/c1-25(2,27(29,30)31)40-24(36)33-18-8-11-22-21(14-18)34(41(37,38)20-9-6-17(28)7-10-20)16-19(39-22)15-32-23(35)26(3)12-4-5-13-26/h6-11,14,19H,4-5,12-13,15-16H2,1-3H3,(H,32,35)(H,33,36)/t19-/m1/s1. The predicted octanol–water partition coefficient (Wildman–Crippen LogP) is 5.37. The average Bonchev–Trinajstić information content (AvgIpc) is 3.33. The molecule has 2 N–H and O–H groups in total. The molecule has 14 heteroatoms. The van der Waals surface area contributed by atoms with Crippen molar-refractivity contribution in [1.29, 1.82) is 0 Å². The minimum absolute atomic E-state index is 0.00214. The molecule has 0 spiro atoms. The fraction of sp³-hybridized carbons (Fsp3) is 0.481. The van der Waals surface area contributed by atoms with Crippen molar-refractivity contribution in [3.8, 4) is 5.75 Å². The molecule has 224 valence electrons. The van der Waals surface area contributed by atoms with Gasteiger partial charge in [-0.25, -0.2) is 17.6 Å². The van der Waals surface area contributed by atoms with Crippen LogP contribution in [0.15, 0.2) is 47.4 Å². The average molecular weight is 602 g/mol. The van der Waals surface area contributed by atoms with Crippen LogP contribution in [0.4, 0.5) is 33.7 Å². The number of halogens is 4. The van der Waals surface area contributed by atoms with Crippen LogP contribution in [-0.2, 0) is 19.6 Å². The Bertz CT molecular complexity index is 1410. The fourth-order valence-electron chi connectivity index (χ4n) is 4.69. The van der Waals surface area contributed by atoms with Crippen LogP contribution in [0.5, 0.6) is 5.75 Å². The minimum atomic E-state index is -4.83. The molecule has 1 aliphatic carbocycles. The Labute approximate surface area is 235 Å². The Kier molecular flexibility index (Phi) is 8.18. The summed E-state index contributed by atoms with van der Waals surface area (Å²) < 4.78 is 91.8. The summed E-state index contributed by atoms with van der Waals surface area (Å²) >= 11 is 0. The second kappa shape index (κ2) is 11.0. The molecule has 0 unspecified atom stereocenters. The summed E-state index contributed by atoms with van der Waals surface area (Å²) in [6.45, 7) is 3.01. The van der Waals surface area contributed by atoms with Crippen molar-refractivity contribution in [3.05, 3.63) is 48.3 Å². The van der Waals surface area contributed by atoms with E-state index in [2.05, 4.69) is 15.4 Å². The molecule has 1 fully saturated rings. The molecule has 4 rings (SSSR count). The van der Waals surface area contributed by atoms with Crippen LogP contribution in [0.3, 0.4) is 0 Å². The lowest BCUT2D eigenvalue weighted by molar-refractivity contribution is -0.242. The van der Waals surface area contributed by atoms with Crippen LogP contribution < -0.4 is 19.7 Å². The summed E-state index contributed by atoms with van der Waals surface area (Å²) in [5.74, 6) is -0.709. The highest BCUT2D eigenvalue weighted by Crippen LogP contribution is 2.40. The van der Waals surface area contributed by atoms with E-state index < -0.39 is 45.2 Å². The number of ether oxygens (including phenoxy) is 2. The molecule has 0 aromatic heterocycles. The number of benzene rings is 2. The van der Waals surface area contributed by atoms with E-state index in [1.54, 1.807) is 0 Å². The van der Waals surface area contributed by atoms with Crippen molar-refractivity contribution in [3.63, 3.8) is 0 Å². The maximum atomic E-state index is 13.7. The van der Waals surface area contributed by atoms with Gasteiger partial charge >= 0.3 is 12.3 Å². The largest absolute Gasteiger partial charge is 0.484 e. The van der Waals surface area contributed by atoms with Gasteiger partial charge in [0.2, 0.25) is 11.5 Å². The molecule has 2 aromatic carbocycles. The Balaban J connectivity index is 1.61. The summed E-state index contributed by atoms with van der Waals surface area (Å²) in [6, 6.07) is 8.04. The number of carbonyl (C=O) groups excluding carboxylic acids is 2. The molecule has 1 saturated carbocycles. The molecule has 0 saturated heterocycles. The normalized spacial score (nSPS) is 18.7. The Hall–Kier alpha value is -3.55. The molecule has 1 atom stereocenters. The second-order valence-electron chi connectivity index (χ2n) is 10.9. The maximum absolute atomic E-state index is 13.7. The van der Waals surface area contributed by atoms with Gasteiger partial charge in [0.05, 0.1) is 23.7 Å². The van der Waals surface area contributed by atoms with Crippen molar-refractivity contribution in [1.82, 2.24) is 5.32 Å². The first-order chi connectivity index (χ1) is 19.0. The lowest BCUT2D eigenvalue weighted by Crippen LogP contribution is -2.50. The summed E-state index contributed by atoms with van der Waals surface area (Å²) in [4.78, 5) is 24.9.